The molecule has 2 N–H and O–H groups in total. The maximum atomic E-state index is 13.1. The number of allylic oxidation sites excluding steroid dienone is 1. The van der Waals surface area contributed by atoms with Crippen molar-refractivity contribution in [3.8, 4) is 5.75 Å². The molecule has 0 radical (unpaired) electrons. The average molecular weight is 308 g/mol. The van der Waals surface area contributed by atoms with Crippen LogP contribution in [0.4, 0.5) is 17.6 Å². The maximum Gasteiger partial charge on any atom is 0.419 e. The normalized spacial score (nSPS) is 15.7. The van der Waals surface area contributed by atoms with Crippen LogP contribution in [0.3, 0.4) is 0 Å². The van der Waals surface area contributed by atoms with Crippen molar-refractivity contribution in [1.82, 2.24) is 0 Å². The number of aliphatic hydroxyl groups is 2. The van der Waals surface area contributed by atoms with Crippen molar-refractivity contribution in [3.05, 3.63) is 35.7 Å². The number of ether oxygens (including phenoxy) is 1. The maximum absolute atomic E-state index is 13.1. The van der Waals surface area contributed by atoms with Crippen LogP contribution in [-0.4, -0.2) is 35.7 Å². The van der Waals surface area contributed by atoms with Crippen molar-refractivity contribution in [2.45, 2.75) is 25.1 Å². The molecule has 0 saturated heterocycles. The molecule has 1 aromatic rings. The Kier molecular flexibility index (Phi) is 5.36. The van der Waals surface area contributed by atoms with Gasteiger partial charge in [-0.15, -0.1) is 0 Å². The number of benzene rings is 1. The highest BCUT2D eigenvalue weighted by Crippen LogP contribution is 2.39. The van der Waals surface area contributed by atoms with E-state index in [0.29, 0.717) is 0 Å². The first kappa shape index (κ1) is 17.5. The van der Waals surface area contributed by atoms with E-state index in [2.05, 4.69) is 0 Å². The van der Waals surface area contributed by atoms with Crippen LogP contribution in [0.1, 0.15) is 18.9 Å². The van der Waals surface area contributed by atoms with Crippen molar-refractivity contribution in [2.75, 3.05) is 13.7 Å². The Morgan fingerprint density at radius 1 is 1.33 bits per heavy atom. The number of alkyl halides is 3. The van der Waals surface area contributed by atoms with Crippen molar-refractivity contribution < 1.29 is 32.5 Å². The van der Waals surface area contributed by atoms with Crippen molar-refractivity contribution in [3.63, 3.8) is 0 Å². The zero-order chi connectivity index (χ0) is 16.3. The fourth-order valence-electron chi connectivity index (χ4n) is 1.84. The minimum atomic E-state index is -5.00. The highest BCUT2D eigenvalue weighted by Gasteiger charge is 2.53. The number of methoxy groups -OCH3 is 1. The summed E-state index contributed by atoms with van der Waals surface area (Å²) in [6.07, 6.45) is -4.52. The summed E-state index contributed by atoms with van der Waals surface area (Å²) >= 11 is 0. The van der Waals surface area contributed by atoms with Gasteiger partial charge in [-0.3, -0.25) is 0 Å². The minimum Gasteiger partial charge on any atom is -0.496 e. The van der Waals surface area contributed by atoms with Gasteiger partial charge < -0.3 is 14.9 Å². The molecular formula is C14H16F4O3. The van der Waals surface area contributed by atoms with Crippen molar-refractivity contribution in [1.29, 1.82) is 0 Å². The molecule has 118 valence electrons. The van der Waals surface area contributed by atoms with E-state index in [4.69, 9.17) is 9.84 Å². The predicted molar refractivity (Wildman–Crippen MR) is 69.3 cm³/mol. The zero-order valence-corrected chi connectivity index (χ0v) is 11.5. The summed E-state index contributed by atoms with van der Waals surface area (Å²) in [4.78, 5) is 0. The van der Waals surface area contributed by atoms with E-state index in [0.717, 1.165) is 12.1 Å². The quantitative estimate of drug-likeness (QED) is 0.822. The molecule has 0 aliphatic rings. The first-order chi connectivity index (χ1) is 9.68. The van der Waals surface area contributed by atoms with Crippen LogP contribution in [-0.2, 0) is 0 Å². The third-order valence-electron chi connectivity index (χ3n) is 3.13. The SMILES string of the molecule is C/C=C(\CC(O)(CO)C(F)(F)F)c1ccc(F)cc1OC. The standard InChI is InChI=1S/C14H16F4O3/c1-3-9(7-13(20,8-19)14(16,17)18)11-5-4-10(15)6-12(11)21-2/h3-6,19-20H,7-8H2,1-2H3/b9-3+. The van der Waals surface area contributed by atoms with Gasteiger partial charge in [-0.25, -0.2) is 4.39 Å². The Balaban J connectivity index is 3.22. The monoisotopic (exact) mass is 308 g/mol. The summed E-state index contributed by atoms with van der Waals surface area (Å²) in [7, 11) is 1.26. The highest BCUT2D eigenvalue weighted by atomic mass is 19.4. The smallest absolute Gasteiger partial charge is 0.419 e. The molecule has 0 amide bonds. The zero-order valence-electron chi connectivity index (χ0n) is 11.5. The summed E-state index contributed by atoms with van der Waals surface area (Å²) < 4.78 is 56.6. The largest absolute Gasteiger partial charge is 0.496 e. The number of hydrogen-bond acceptors (Lipinski definition) is 3. The summed E-state index contributed by atoms with van der Waals surface area (Å²) in [6, 6.07) is 3.37. The Bertz CT molecular complexity index is 525. The molecule has 21 heavy (non-hydrogen) atoms. The summed E-state index contributed by atoms with van der Waals surface area (Å²) in [5.41, 5.74) is -2.97. The summed E-state index contributed by atoms with van der Waals surface area (Å²) in [5, 5.41) is 18.5. The Morgan fingerprint density at radius 2 is 1.95 bits per heavy atom. The molecule has 0 heterocycles. The lowest BCUT2D eigenvalue weighted by atomic mass is 9.90. The van der Waals surface area contributed by atoms with Crippen LogP contribution < -0.4 is 4.74 Å². The van der Waals surface area contributed by atoms with Gasteiger partial charge in [-0.2, -0.15) is 13.2 Å². The molecule has 1 unspecified atom stereocenters. The van der Waals surface area contributed by atoms with E-state index >= 15 is 0 Å². The van der Waals surface area contributed by atoms with Gasteiger partial charge in [0.15, 0.2) is 5.60 Å². The lowest BCUT2D eigenvalue weighted by molar-refractivity contribution is -0.268. The third-order valence-corrected chi connectivity index (χ3v) is 3.13. The van der Waals surface area contributed by atoms with Crippen LogP contribution in [0.2, 0.25) is 0 Å². The molecule has 0 fully saturated rings. The van der Waals surface area contributed by atoms with Crippen LogP contribution in [0, 0.1) is 5.82 Å². The number of halogens is 4. The van der Waals surface area contributed by atoms with Gasteiger partial charge in [0.05, 0.1) is 13.7 Å². The van der Waals surface area contributed by atoms with Crippen molar-refractivity contribution in [2.24, 2.45) is 0 Å². The van der Waals surface area contributed by atoms with E-state index in [1.165, 1.54) is 26.2 Å². The second kappa shape index (κ2) is 6.44. The Hall–Kier alpha value is -1.60. The molecule has 3 nitrogen and oxygen atoms in total. The lowest BCUT2D eigenvalue weighted by Gasteiger charge is -2.29. The van der Waals surface area contributed by atoms with Gasteiger partial charge in [0.1, 0.15) is 11.6 Å². The summed E-state index contributed by atoms with van der Waals surface area (Å²) in [6.45, 7) is 0.00362. The van der Waals surface area contributed by atoms with Crippen LogP contribution in [0.15, 0.2) is 24.3 Å². The van der Waals surface area contributed by atoms with E-state index < -0.39 is 30.6 Å². The van der Waals surface area contributed by atoms with Crippen LogP contribution >= 0.6 is 0 Å². The molecular weight excluding hydrogens is 292 g/mol. The van der Waals surface area contributed by atoms with E-state index in [1.54, 1.807) is 0 Å². The molecule has 0 aromatic heterocycles. The lowest BCUT2D eigenvalue weighted by Crippen LogP contribution is -2.48. The van der Waals surface area contributed by atoms with Gasteiger partial charge in [0.2, 0.25) is 0 Å². The number of rotatable bonds is 5. The van der Waals surface area contributed by atoms with E-state index in [-0.39, 0.29) is 16.9 Å². The fourth-order valence-corrected chi connectivity index (χ4v) is 1.84. The molecule has 0 aliphatic carbocycles. The molecule has 1 rings (SSSR count). The molecule has 1 atom stereocenters. The predicted octanol–water partition coefficient (Wildman–Crippen LogP) is 2.91. The van der Waals surface area contributed by atoms with Gasteiger partial charge in [-0.1, -0.05) is 6.08 Å². The third kappa shape index (κ3) is 3.74. The minimum absolute atomic E-state index is 0.0468. The first-order valence-corrected chi connectivity index (χ1v) is 6.07. The average Bonchev–Trinajstić information content (AvgIpc) is 2.43. The second-order valence-electron chi connectivity index (χ2n) is 4.52. The first-order valence-electron chi connectivity index (χ1n) is 6.07. The number of hydrogen-bond donors (Lipinski definition) is 2. The fraction of sp³-hybridized carbons (Fsp3) is 0.429. The molecule has 7 heteroatoms. The second-order valence-corrected chi connectivity index (χ2v) is 4.52. The topological polar surface area (TPSA) is 49.7 Å². The molecule has 0 saturated carbocycles. The van der Waals surface area contributed by atoms with Crippen molar-refractivity contribution >= 4 is 5.57 Å². The van der Waals surface area contributed by atoms with Crippen LogP contribution in [0.5, 0.6) is 5.75 Å². The van der Waals surface area contributed by atoms with Crippen LogP contribution in [0.25, 0.3) is 5.57 Å². The van der Waals surface area contributed by atoms with Gasteiger partial charge in [0, 0.05) is 18.1 Å². The molecule has 1 aromatic carbocycles. The van der Waals surface area contributed by atoms with E-state index in [1.807, 2.05) is 0 Å². The Morgan fingerprint density at radius 3 is 2.38 bits per heavy atom. The number of aliphatic hydroxyl groups excluding tert-OH is 1. The molecule has 0 bridgehead atoms. The Labute approximate surface area is 119 Å². The molecule has 0 aliphatic heterocycles. The van der Waals surface area contributed by atoms with Gasteiger partial charge in [-0.05, 0) is 24.6 Å². The molecule has 0 spiro atoms. The van der Waals surface area contributed by atoms with Gasteiger partial charge >= 0.3 is 6.18 Å². The highest BCUT2D eigenvalue weighted by molar-refractivity contribution is 5.71. The summed E-state index contributed by atoms with van der Waals surface area (Å²) in [5.74, 6) is -0.551. The van der Waals surface area contributed by atoms with Gasteiger partial charge in [0.25, 0.3) is 0 Å². The van der Waals surface area contributed by atoms with E-state index in [9.17, 15) is 22.7 Å².